The first-order valence-electron chi connectivity index (χ1n) is 6.56. The maximum Gasteiger partial charge on any atom is 0.343 e. The molecule has 2 N–H and O–H groups in total. The summed E-state index contributed by atoms with van der Waals surface area (Å²) in [5.74, 6) is 0.212. The van der Waals surface area contributed by atoms with Crippen molar-refractivity contribution in [3.8, 4) is 0 Å². The first-order valence-corrected chi connectivity index (χ1v) is 7.54. The van der Waals surface area contributed by atoms with Crippen LogP contribution in [0, 0.1) is 11.8 Å². The van der Waals surface area contributed by atoms with E-state index < -0.39 is 5.97 Å². The Hall–Kier alpha value is -1.24. The molecule has 0 saturated heterocycles. The van der Waals surface area contributed by atoms with Crippen LogP contribution in [-0.4, -0.2) is 31.6 Å². The van der Waals surface area contributed by atoms with Gasteiger partial charge in [-0.25, -0.2) is 9.89 Å². The minimum atomic E-state index is -0.904. The first kappa shape index (κ1) is 14.2. The highest BCUT2D eigenvalue weighted by Gasteiger charge is 2.21. The zero-order chi connectivity index (χ0) is 13.8. The number of hydrogen-bond donors (Lipinski definition) is 2. The van der Waals surface area contributed by atoms with Crippen molar-refractivity contribution < 1.29 is 9.90 Å². The standard InChI is InChI=1S/C12H19N3O3S/c1-8-3-2-4-9(5-8)6-15-11(18)13-14-12(15)19-7-10(16)17/h8-9H,2-7H2,1H3,(H,13,18)(H,16,17). The van der Waals surface area contributed by atoms with Crippen molar-refractivity contribution in [1.29, 1.82) is 0 Å². The van der Waals surface area contributed by atoms with E-state index in [0.717, 1.165) is 24.6 Å². The molecular formula is C12H19N3O3S. The second-order valence-corrected chi connectivity index (χ2v) is 6.18. The monoisotopic (exact) mass is 285 g/mol. The molecule has 6 nitrogen and oxygen atoms in total. The van der Waals surface area contributed by atoms with Crippen molar-refractivity contribution >= 4 is 17.7 Å². The van der Waals surface area contributed by atoms with E-state index in [0.29, 0.717) is 23.5 Å². The highest BCUT2D eigenvalue weighted by molar-refractivity contribution is 7.99. The van der Waals surface area contributed by atoms with E-state index in [9.17, 15) is 9.59 Å². The van der Waals surface area contributed by atoms with Crippen molar-refractivity contribution in [2.75, 3.05) is 5.75 Å². The van der Waals surface area contributed by atoms with E-state index in [1.54, 1.807) is 4.57 Å². The molecule has 1 saturated carbocycles. The molecule has 0 bridgehead atoms. The number of nitrogens with one attached hydrogen (secondary N) is 1. The lowest BCUT2D eigenvalue weighted by atomic mass is 9.82. The summed E-state index contributed by atoms with van der Waals surface area (Å²) >= 11 is 1.09. The number of carboxylic acid groups (broad SMARTS) is 1. The van der Waals surface area contributed by atoms with Gasteiger partial charge < -0.3 is 5.11 Å². The van der Waals surface area contributed by atoms with Crippen LogP contribution in [0.4, 0.5) is 0 Å². The fourth-order valence-corrected chi connectivity index (χ4v) is 3.36. The van der Waals surface area contributed by atoms with Gasteiger partial charge in [0, 0.05) is 6.54 Å². The maximum absolute atomic E-state index is 11.7. The molecule has 19 heavy (non-hydrogen) atoms. The Kier molecular flexibility index (Phi) is 4.68. The molecule has 0 spiro atoms. The number of thioether (sulfide) groups is 1. The summed E-state index contributed by atoms with van der Waals surface area (Å²) in [6.07, 6.45) is 4.72. The fraction of sp³-hybridized carbons (Fsp3) is 0.750. The van der Waals surface area contributed by atoms with Crippen LogP contribution in [0.1, 0.15) is 32.6 Å². The Morgan fingerprint density at radius 2 is 2.37 bits per heavy atom. The normalized spacial score (nSPS) is 23.4. The van der Waals surface area contributed by atoms with Crippen LogP contribution in [0.2, 0.25) is 0 Å². The van der Waals surface area contributed by atoms with Gasteiger partial charge in [0.1, 0.15) is 0 Å². The summed E-state index contributed by atoms with van der Waals surface area (Å²) in [6, 6.07) is 0. The molecule has 2 rings (SSSR count). The molecule has 7 heteroatoms. The van der Waals surface area contributed by atoms with Crippen LogP contribution in [-0.2, 0) is 11.3 Å². The third-order valence-electron chi connectivity index (χ3n) is 3.53. The number of aromatic amines is 1. The van der Waals surface area contributed by atoms with Crippen molar-refractivity contribution in [2.45, 2.75) is 44.3 Å². The number of carboxylic acids is 1. The van der Waals surface area contributed by atoms with Gasteiger partial charge >= 0.3 is 11.7 Å². The molecule has 0 amide bonds. The molecule has 1 aromatic rings. The van der Waals surface area contributed by atoms with Gasteiger partial charge in [-0.1, -0.05) is 31.5 Å². The summed E-state index contributed by atoms with van der Waals surface area (Å²) in [5, 5.41) is 15.5. The first-order chi connectivity index (χ1) is 9.06. The third kappa shape index (κ3) is 3.86. The molecule has 0 aliphatic heterocycles. The van der Waals surface area contributed by atoms with Gasteiger partial charge in [-0.2, -0.15) is 0 Å². The van der Waals surface area contributed by atoms with Crippen LogP contribution < -0.4 is 5.69 Å². The van der Waals surface area contributed by atoms with E-state index in [4.69, 9.17) is 5.11 Å². The zero-order valence-electron chi connectivity index (χ0n) is 11.0. The zero-order valence-corrected chi connectivity index (χ0v) is 11.8. The molecule has 2 unspecified atom stereocenters. The molecule has 0 radical (unpaired) electrons. The topological polar surface area (TPSA) is 88.0 Å². The number of hydrogen-bond acceptors (Lipinski definition) is 4. The largest absolute Gasteiger partial charge is 0.481 e. The molecule has 1 aliphatic carbocycles. The van der Waals surface area contributed by atoms with Crippen LogP contribution in [0.15, 0.2) is 9.95 Å². The van der Waals surface area contributed by atoms with E-state index in [1.807, 2.05) is 0 Å². The molecule has 1 aliphatic rings. The predicted molar refractivity (Wildman–Crippen MR) is 72.3 cm³/mol. The molecule has 106 valence electrons. The van der Waals surface area contributed by atoms with Gasteiger partial charge in [0.2, 0.25) is 0 Å². The lowest BCUT2D eigenvalue weighted by molar-refractivity contribution is -0.133. The van der Waals surface area contributed by atoms with Crippen LogP contribution in [0.25, 0.3) is 0 Å². The molecule has 1 fully saturated rings. The quantitative estimate of drug-likeness (QED) is 0.802. The number of rotatable bonds is 5. The van der Waals surface area contributed by atoms with E-state index in [-0.39, 0.29) is 11.4 Å². The van der Waals surface area contributed by atoms with Gasteiger partial charge in [0.15, 0.2) is 5.16 Å². The maximum atomic E-state index is 11.7. The van der Waals surface area contributed by atoms with Crippen LogP contribution in [0.3, 0.4) is 0 Å². The number of aliphatic carboxylic acids is 1. The number of aromatic nitrogens is 3. The van der Waals surface area contributed by atoms with Crippen molar-refractivity contribution in [2.24, 2.45) is 11.8 Å². The van der Waals surface area contributed by atoms with Crippen molar-refractivity contribution in [1.82, 2.24) is 14.8 Å². The minimum Gasteiger partial charge on any atom is -0.481 e. The Bertz CT molecular complexity index is 497. The second kappa shape index (κ2) is 6.27. The third-order valence-corrected chi connectivity index (χ3v) is 4.49. The average Bonchev–Trinajstić information content (AvgIpc) is 2.68. The van der Waals surface area contributed by atoms with Crippen molar-refractivity contribution in [3.05, 3.63) is 10.5 Å². The van der Waals surface area contributed by atoms with Gasteiger partial charge in [-0.05, 0) is 24.7 Å². The highest BCUT2D eigenvalue weighted by atomic mass is 32.2. The van der Waals surface area contributed by atoms with E-state index in [2.05, 4.69) is 17.1 Å². The summed E-state index contributed by atoms with van der Waals surface area (Å²) < 4.78 is 1.58. The summed E-state index contributed by atoms with van der Waals surface area (Å²) in [4.78, 5) is 22.3. The Labute approximate surface area is 115 Å². The summed E-state index contributed by atoms with van der Waals surface area (Å²) in [7, 11) is 0. The van der Waals surface area contributed by atoms with Crippen molar-refractivity contribution in [3.63, 3.8) is 0 Å². The molecule has 1 aromatic heterocycles. The van der Waals surface area contributed by atoms with Crippen LogP contribution >= 0.6 is 11.8 Å². The molecule has 2 atom stereocenters. The highest BCUT2D eigenvalue weighted by Crippen LogP contribution is 2.30. The summed E-state index contributed by atoms with van der Waals surface area (Å²) in [6.45, 7) is 2.88. The van der Waals surface area contributed by atoms with E-state index >= 15 is 0 Å². The van der Waals surface area contributed by atoms with Gasteiger partial charge in [0.05, 0.1) is 5.75 Å². The lowest BCUT2D eigenvalue weighted by Gasteiger charge is -2.26. The lowest BCUT2D eigenvalue weighted by Crippen LogP contribution is -2.25. The van der Waals surface area contributed by atoms with Crippen LogP contribution in [0.5, 0.6) is 0 Å². The smallest absolute Gasteiger partial charge is 0.343 e. The van der Waals surface area contributed by atoms with E-state index in [1.165, 1.54) is 12.8 Å². The summed E-state index contributed by atoms with van der Waals surface area (Å²) in [5.41, 5.74) is -0.244. The Balaban J connectivity index is 2.04. The SMILES string of the molecule is CC1CCCC(Cn2c(SCC(=O)O)n[nH]c2=O)C1. The second-order valence-electron chi connectivity index (χ2n) is 5.24. The molecule has 1 heterocycles. The minimum absolute atomic E-state index is 0.0780. The molecular weight excluding hydrogens is 266 g/mol. The average molecular weight is 285 g/mol. The van der Waals surface area contributed by atoms with Gasteiger partial charge in [-0.15, -0.1) is 5.10 Å². The van der Waals surface area contributed by atoms with Gasteiger partial charge in [0.25, 0.3) is 0 Å². The molecule has 0 aromatic carbocycles. The predicted octanol–water partition coefficient (Wildman–Crippen LogP) is 1.57. The Morgan fingerprint density at radius 3 is 3.05 bits per heavy atom. The van der Waals surface area contributed by atoms with Gasteiger partial charge in [-0.3, -0.25) is 9.36 Å². The number of nitrogens with zero attached hydrogens (tertiary/aromatic N) is 2. The Morgan fingerprint density at radius 1 is 1.58 bits per heavy atom. The fourth-order valence-electron chi connectivity index (χ4n) is 2.68. The number of carbonyl (C=O) groups is 1. The number of H-pyrrole nitrogens is 1.